The number of benzene rings is 8. The van der Waals surface area contributed by atoms with Crippen LogP contribution in [0.25, 0.3) is 116 Å². The predicted molar refractivity (Wildman–Crippen MR) is 223 cm³/mol. The van der Waals surface area contributed by atoms with E-state index >= 15 is 0 Å². The molecular formula is C49H28N4O2. The minimum absolute atomic E-state index is 0.535. The van der Waals surface area contributed by atoms with E-state index in [1.807, 2.05) is 72.8 Å². The summed E-state index contributed by atoms with van der Waals surface area (Å²) in [5.41, 5.74) is 8.84. The fourth-order valence-electron chi connectivity index (χ4n) is 8.43. The van der Waals surface area contributed by atoms with Crippen LogP contribution >= 0.6 is 0 Å². The molecule has 55 heavy (non-hydrogen) atoms. The van der Waals surface area contributed by atoms with Crippen LogP contribution in [0.15, 0.2) is 179 Å². The van der Waals surface area contributed by atoms with Gasteiger partial charge in [0.25, 0.3) is 0 Å². The zero-order chi connectivity index (χ0) is 36.0. The summed E-state index contributed by atoms with van der Waals surface area (Å²) in [4.78, 5) is 15.5. The molecule has 0 atom stereocenters. The lowest BCUT2D eigenvalue weighted by Crippen LogP contribution is -2.01. The molecule has 0 fully saturated rings. The number of hydrogen-bond donors (Lipinski definition) is 0. The van der Waals surface area contributed by atoms with Gasteiger partial charge in [0, 0.05) is 43.4 Å². The number of para-hydroxylation sites is 4. The van der Waals surface area contributed by atoms with Crippen molar-refractivity contribution in [3.8, 4) is 39.9 Å². The van der Waals surface area contributed by atoms with Crippen molar-refractivity contribution in [2.75, 3.05) is 0 Å². The lowest BCUT2D eigenvalue weighted by atomic mass is 10.0. The van der Waals surface area contributed by atoms with Gasteiger partial charge in [-0.05, 0) is 53.2 Å². The lowest BCUT2D eigenvalue weighted by molar-refractivity contribution is 0.666. The second-order valence-electron chi connectivity index (χ2n) is 13.9. The molecule has 8 aromatic carbocycles. The van der Waals surface area contributed by atoms with E-state index in [-0.39, 0.29) is 0 Å². The van der Waals surface area contributed by atoms with Crippen molar-refractivity contribution in [2.45, 2.75) is 0 Å². The van der Waals surface area contributed by atoms with E-state index in [1.54, 1.807) is 0 Å². The van der Waals surface area contributed by atoms with Gasteiger partial charge in [0.05, 0.1) is 22.3 Å². The highest BCUT2D eigenvalue weighted by Gasteiger charge is 2.24. The average Bonchev–Trinajstić information content (AvgIpc) is 3.94. The number of nitrogens with zero attached hydrogens (tertiary/aromatic N) is 4. The average molecular weight is 705 g/mol. The van der Waals surface area contributed by atoms with Crippen molar-refractivity contribution < 1.29 is 8.83 Å². The van der Waals surface area contributed by atoms with Gasteiger partial charge in [-0.1, -0.05) is 127 Å². The topological polar surface area (TPSA) is 69.9 Å². The van der Waals surface area contributed by atoms with Gasteiger partial charge in [-0.3, -0.25) is 0 Å². The molecule has 6 nitrogen and oxygen atoms in total. The fourth-order valence-corrected chi connectivity index (χ4v) is 8.43. The zero-order valence-corrected chi connectivity index (χ0v) is 29.3. The number of fused-ring (bicyclic) bond motifs is 11. The Kier molecular flexibility index (Phi) is 6.24. The van der Waals surface area contributed by atoms with Crippen LogP contribution in [0, 0.1) is 0 Å². The van der Waals surface area contributed by atoms with Crippen molar-refractivity contribution in [1.29, 1.82) is 0 Å². The molecular weight excluding hydrogens is 677 g/mol. The van der Waals surface area contributed by atoms with Crippen LogP contribution in [-0.4, -0.2) is 19.5 Å². The molecule has 4 aromatic heterocycles. The molecule has 6 heteroatoms. The highest BCUT2D eigenvalue weighted by Crippen LogP contribution is 2.44. The fraction of sp³-hybridized carbons (Fsp3) is 0. The van der Waals surface area contributed by atoms with E-state index in [1.165, 1.54) is 21.5 Å². The predicted octanol–water partition coefficient (Wildman–Crippen LogP) is 12.9. The largest absolute Gasteiger partial charge is 0.455 e. The highest BCUT2D eigenvalue weighted by molar-refractivity contribution is 6.22. The molecule has 0 aliphatic carbocycles. The van der Waals surface area contributed by atoms with Crippen LogP contribution < -0.4 is 0 Å². The second-order valence-corrected chi connectivity index (χ2v) is 13.9. The third-order valence-corrected chi connectivity index (χ3v) is 10.9. The molecule has 4 heterocycles. The van der Waals surface area contributed by atoms with Crippen LogP contribution in [0.4, 0.5) is 0 Å². The molecule has 0 aliphatic rings. The third-order valence-electron chi connectivity index (χ3n) is 10.9. The van der Waals surface area contributed by atoms with E-state index < -0.39 is 0 Å². The highest BCUT2D eigenvalue weighted by atomic mass is 16.3. The molecule has 0 amide bonds. The molecule has 0 aliphatic heterocycles. The van der Waals surface area contributed by atoms with Gasteiger partial charge in [0.2, 0.25) is 0 Å². The van der Waals surface area contributed by atoms with E-state index in [9.17, 15) is 0 Å². The summed E-state index contributed by atoms with van der Waals surface area (Å²) >= 11 is 0. The van der Waals surface area contributed by atoms with Crippen LogP contribution in [0.1, 0.15) is 0 Å². The Labute approximate surface area is 313 Å². The van der Waals surface area contributed by atoms with Gasteiger partial charge in [-0.25, -0.2) is 15.0 Å². The molecule has 256 valence electrons. The molecule has 0 saturated heterocycles. The Morgan fingerprint density at radius 2 is 1.00 bits per heavy atom. The first-order valence-electron chi connectivity index (χ1n) is 18.4. The summed E-state index contributed by atoms with van der Waals surface area (Å²) in [6.07, 6.45) is 0. The van der Waals surface area contributed by atoms with E-state index in [0.717, 1.165) is 77.3 Å². The normalized spacial score (nSPS) is 12.0. The molecule has 0 saturated carbocycles. The van der Waals surface area contributed by atoms with Crippen LogP contribution in [0.5, 0.6) is 0 Å². The summed E-state index contributed by atoms with van der Waals surface area (Å²) in [5, 5.41) is 8.84. The summed E-state index contributed by atoms with van der Waals surface area (Å²) in [5.74, 6) is 1.66. The molecule has 12 aromatic rings. The summed E-state index contributed by atoms with van der Waals surface area (Å²) in [7, 11) is 0. The molecule has 0 unspecified atom stereocenters. The lowest BCUT2D eigenvalue weighted by Gasteiger charge is -2.13. The number of hydrogen-bond acceptors (Lipinski definition) is 5. The number of rotatable bonds is 4. The van der Waals surface area contributed by atoms with Gasteiger partial charge in [-0.15, -0.1) is 0 Å². The smallest absolute Gasteiger partial charge is 0.167 e. The Bertz CT molecular complexity index is 3500. The Morgan fingerprint density at radius 1 is 0.364 bits per heavy atom. The van der Waals surface area contributed by atoms with Crippen LogP contribution in [-0.2, 0) is 0 Å². The second kappa shape index (κ2) is 11.5. The maximum Gasteiger partial charge on any atom is 0.167 e. The van der Waals surface area contributed by atoms with Crippen molar-refractivity contribution >= 4 is 76.5 Å². The minimum Gasteiger partial charge on any atom is -0.455 e. The van der Waals surface area contributed by atoms with Gasteiger partial charge < -0.3 is 13.4 Å². The molecule has 0 spiro atoms. The Balaban J connectivity index is 1.16. The van der Waals surface area contributed by atoms with E-state index in [0.29, 0.717) is 17.5 Å². The quantitative estimate of drug-likeness (QED) is 0.182. The van der Waals surface area contributed by atoms with Gasteiger partial charge in [-0.2, -0.15) is 0 Å². The van der Waals surface area contributed by atoms with Crippen molar-refractivity contribution in [1.82, 2.24) is 19.5 Å². The first kappa shape index (κ1) is 29.9. The Hall–Kier alpha value is -7.57. The summed E-state index contributed by atoms with van der Waals surface area (Å²) in [6, 6.07) is 58.4. The SMILES string of the molecule is c1ccc(-c2nc(-c3cccc4c3oc3ccccc34)nc(-c3ccc(-n4c5ccccc5c5c6ccccc6ccc54)c4oc5ccccc5c34)n2)cc1. The first-order chi connectivity index (χ1) is 27.3. The maximum absolute atomic E-state index is 6.87. The number of aromatic nitrogens is 4. The summed E-state index contributed by atoms with van der Waals surface area (Å²) in [6.45, 7) is 0. The van der Waals surface area contributed by atoms with Crippen LogP contribution in [0.3, 0.4) is 0 Å². The van der Waals surface area contributed by atoms with Gasteiger partial charge >= 0.3 is 0 Å². The van der Waals surface area contributed by atoms with Crippen molar-refractivity contribution in [3.05, 3.63) is 170 Å². The monoisotopic (exact) mass is 704 g/mol. The van der Waals surface area contributed by atoms with Crippen LogP contribution in [0.2, 0.25) is 0 Å². The first-order valence-corrected chi connectivity index (χ1v) is 18.4. The van der Waals surface area contributed by atoms with E-state index in [4.69, 9.17) is 23.8 Å². The van der Waals surface area contributed by atoms with Gasteiger partial charge in [0.1, 0.15) is 16.7 Å². The maximum atomic E-state index is 6.87. The Morgan fingerprint density at radius 3 is 1.85 bits per heavy atom. The molecule has 0 radical (unpaired) electrons. The third kappa shape index (κ3) is 4.39. The van der Waals surface area contributed by atoms with Crippen molar-refractivity contribution in [2.24, 2.45) is 0 Å². The molecule has 0 N–H and O–H groups in total. The number of furan rings is 2. The molecule has 12 rings (SSSR count). The molecule has 0 bridgehead atoms. The van der Waals surface area contributed by atoms with Gasteiger partial charge in [0.15, 0.2) is 23.1 Å². The minimum atomic E-state index is 0.535. The standard InChI is InChI=1S/C49H28N4O2/c1-2-14-30(15-3-1)47-50-48(52-49(51-47)37-21-12-20-33-32-17-7-10-23-41(32)54-45(33)37)36-26-28-40(46-44(36)35-19-8-11-24-42(35)55-46)53-38-22-9-6-18-34(38)43-31-16-5-4-13-29(31)25-27-39(43)53/h1-28H. The van der Waals surface area contributed by atoms with Crippen molar-refractivity contribution in [3.63, 3.8) is 0 Å². The van der Waals surface area contributed by atoms with E-state index in [2.05, 4.69) is 102 Å². The zero-order valence-electron chi connectivity index (χ0n) is 29.3. The summed E-state index contributed by atoms with van der Waals surface area (Å²) < 4.78 is 15.7.